The summed E-state index contributed by atoms with van der Waals surface area (Å²) in [6.45, 7) is 4.56. The monoisotopic (exact) mass is 284 g/mol. The summed E-state index contributed by atoms with van der Waals surface area (Å²) in [7, 11) is 0. The molecule has 2 amide bonds. The van der Waals surface area contributed by atoms with Crippen molar-refractivity contribution < 1.29 is 14.7 Å². The van der Waals surface area contributed by atoms with Gasteiger partial charge in [0.05, 0.1) is 0 Å². The minimum absolute atomic E-state index is 0.00445. The lowest BCUT2D eigenvalue weighted by atomic mass is 9.97. The Morgan fingerprint density at radius 2 is 1.95 bits per heavy atom. The number of rotatable bonds is 6. The second-order valence-electron chi connectivity index (χ2n) is 5.95. The SMILES string of the molecule is CCC(CNC(=O)NC1CCCCCC1C)CC(=O)O. The highest BCUT2D eigenvalue weighted by Crippen LogP contribution is 2.22. The molecule has 0 heterocycles. The molecule has 1 saturated carbocycles. The summed E-state index contributed by atoms with van der Waals surface area (Å²) < 4.78 is 0. The molecule has 0 bridgehead atoms. The number of carbonyl (C=O) groups excluding carboxylic acids is 1. The molecule has 5 nitrogen and oxygen atoms in total. The Morgan fingerprint density at radius 3 is 2.60 bits per heavy atom. The van der Waals surface area contributed by atoms with Crippen molar-refractivity contribution in [2.45, 2.75) is 64.8 Å². The third-order valence-electron chi connectivity index (χ3n) is 4.27. The molecule has 5 heteroatoms. The number of carbonyl (C=O) groups is 2. The lowest BCUT2D eigenvalue weighted by Gasteiger charge is -2.23. The van der Waals surface area contributed by atoms with Crippen LogP contribution in [0, 0.1) is 11.8 Å². The van der Waals surface area contributed by atoms with Crippen LogP contribution in [0.15, 0.2) is 0 Å². The lowest BCUT2D eigenvalue weighted by molar-refractivity contribution is -0.138. The molecule has 3 unspecified atom stereocenters. The van der Waals surface area contributed by atoms with Gasteiger partial charge in [0.25, 0.3) is 0 Å². The van der Waals surface area contributed by atoms with Crippen molar-refractivity contribution in [1.29, 1.82) is 0 Å². The van der Waals surface area contributed by atoms with E-state index in [9.17, 15) is 9.59 Å². The van der Waals surface area contributed by atoms with Crippen molar-refractivity contribution in [3.63, 3.8) is 0 Å². The van der Waals surface area contributed by atoms with Gasteiger partial charge in [-0.25, -0.2) is 4.79 Å². The summed E-state index contributed by atoms with van der Waals surface area (Å²) in [5.41, 5.74) is 0. The fourth-order valence-electron chi connectivity index (χ4n) is 2.77. The average molecular weight is 284 g/mol. The van der Waals surface area contributed by atoms with E-state index in [1.165, 1.54) is 25.7 Å². The minimum Gasteiger partial charge on any atom is -0.481 e. The summed E-state index contributed by atoms with van der Waals surface area (Å²) in [6.07, 6.45) is 6.75. The smallest absolute Gasteiger partial charge is 0.315 e. The zero-order chi connectivity index (χ0) is 15.0. The van der Waals surface area contributed by atoms with Crippen LogP contribution in [-0.4, -0.2) is 29.7 Å². The fourth-order valence-corrected chi connectivity index (χ4v) is 2.77. The maximum Gasteiger partial charge on any atom is 0.315 e. The molecule has 0 aromatic rings. The first-order valence-corrected chi connectivity index (χ1v) is 7.79. The second kappa shape index (κ2) is 8.82. The van der Waals surface area contributed by atoms with Gasteiger partial charge in [0.1, 0.15) is 0 Å². The standard InChI is InChI=1S/C15H28N2O3/c1-3-12(9-14(18)19)10-16-15(20)17-13-8-6-4-5-7-11(13)2/h11-13H,3-10H2,1-2H3,(H,18,19)(H2,16,17,20). The third-order valence-corrected chi connectivity index (χ3v) is 4.27. The van der Waals surface area contributed by atoms with Crippen LogP contribution in [0.25, 0.3) is 0 Å². The Bertz CT molecular complexity index is 320. The molecule has 1 fully saturated rings. The minimum atomic E-state index is -0.809. The molecule has 0 aromatic carbocycles. The summed E-state index contributed by atoms with van der Waals surface area (Å²) in [4.78, 5) is 22.6. The van der Waals surface area contributed by atoms with Gasteiger partial charge in [-0.1, -0.05) is 39.5 Å². The van der Waals surface area contributed by atoms with Crippen LogP contribution in [0.5, 0.6) is 0 Å². The Morgan fingerprint density at radius 1 is 1.25 bits per heavy atom. The van der Waals surface area contributed by atoms with Crippen LogP contribution in [-0.2, 0) is 4.79 Å². The highest BCUT2D eigenvalue weighted by molar-refractivity contribution is 5.74. The van der Waals surface area contributed by atoms with E-state index in [0.29, 0.717) is 12.5 Å². The molecular formula is C15H28N2O3. The molecule has 1 aliphatic rings. The molecule has 20 heavy (non-hydrogen) atoms. The lowest BCUT2D eigenvalue weighted by Crippen LogP contribution is -2.46. The van der Waals surface area contributed by atoms with Gasteiger partial charge >= 0.3 is 12.0 Å². The van der Waals surface area contributed by atoms with Crippen LogP contribution in [0.3, 0.4) is 0 Å². The van der Waals surface area contributed by atoms with Gasteiger partial charge in [-0.3, -0.25) is 4.79 Å². The highest BCUT2D eigenvalue weighted by Gasteiger charge is 2.21. The molecule has 3 atom stereocenters. The summed E-state index contributed by atoms with van der Waals surface area (Å²) in [6, 6.07) is 0.0876. The van der Waals surface area contributed by atoms with Crippen LogP contribution >= 0.6 is 0 Å². The van der Waals surface area contributed by atoms with E-state index in [2.05, 4.69) is 17.6 Å². The van der Waals surface area contributed by atoms with Crippen LogP contribution in [0.4, 0.5) is 4.79 Å². The number of urea groups is 1. The first-order valence-electron chi connectivity index (χ1n) is 7.79. The van der Waals surface area contributed by atoms with E-state index < -0.39 is 5.97 Å². The summed E-state index contributed by atoms with van der Waals surface area (Å²) in [5.74, 6) is -0.287. The fraction of sp³-hybridized carbons (Fsp3) is 0.867. The van der Waals surface area contributed by atoms with Gasteiger partial charge in [-0.15, -0.1) is 0 Å². The summed E-state index contributed by atoms with van der Waals surface area (Å²) in [5, 5.41) is 14.6. The van der Waals surface area contributed by atoms with Crippen molar-refractivity contribution in [3.8, 4) is 0 Å². The van der Waals surface area contributed by atoms with Crippen molar-refractivity contribution in [1.82, 2.24) is 10.6 Å². The molecule has 3 N–H and O–H groups in total. The van der Waals surface area contributed by atoms with E-state index >= 15 is 0 Å². The molecule has 116 valence electrons. The number of aliphatic carboxylic acids is 1. The Labute approximate surface area is 121 Å². The van der Waals surface area contributed by atoms with Gasteiger partial charge in [0, 0.05) is 19.0 Å². The zero-order valence-corrected chi connectivity index (χ0v) is 12.7. The van der Waals surface area contributed by atoms with Crippen LogP contribution in [0.2, 0.25) is 0 Å². The van der Waals surface area contributed by atoms with E-state index in [4.69, 9.17) is 5.11 Å². The Kier molecular flexibility index (Phi) is 7.41. The molecule has 0 saturated heterocycles. The number of hydrogen-bond donors (Lipinski definition) is 3. The van der Waals surface area contributed by atoms with Gasteiger partial charge in [-0.05, 0) is 24.7 Å². The molecular weight excluding hydrogens is 256 g/mol. The van der Waals surface area contributed by atoms with Gasteiger partial charge in [-0.2, -0.15) is 0 Å². The molecule has 0 radical (unpaired) electrons. The number of carboxylic acid groups (broad SMARTS) is 1. The molecule has 1 aliphatic carbocycles. The number of nitrogens with one attached hydrogen (secondary N) is 2. The van der Waals surface area contributed by atoms with E-state index in [1.807, 2.05) is 6.92 Å². The molecule has 0 aliphatic heterocycles. The van der Waals surface area contributed by atoms with Crippen molar-refractivity contribution in [2.24, 2.45) is 11.8 Å². The van der Waals surface area contributed by atoms with Gasteiger partial charge in [0.15, 0.2) is 0 Å². The number of amides is 2. The molecule has 0 spiro atoms. The van der Waals surface area contributed by atoms with Crippen LogP contribution < -0.4 is 10.6 Å². The largest absolute Gasteiger partial charge is 0.481 e. The average Bonchev–Trinajstić information content (AvgIpc) is 2.59. The number of hydrogen-bond acceptors (Lipinski definition) is 2. The van der Waals surface area contributed by atoms with Crippen molar-refractivity contribution >= 4 is 12.0 Å². The third kappa shape index (κ3) is 6.26. The zero-order valence-electron chi connectivity index (χ0n) is 12.7. The van der Waals surface area contributed by atoms with Gasteiger partial charge < -0.3 is 15.7 Å². The molecule has 1 rings (SSSR count). The predicted octanol–water partition coefficient (Wildman–Crippen LogP) is 2.76. The first kappa shape index (κ1) is 16.8. The van der Waals surface area contributed by atoms with Crippen LogP contribution in [0.1, 0.15) is 58.8 Å². The first-order chi connectivity index (χ1) is 9.52. The normalized spacial score (nSPS) is 24.5. The van der Waals surface area contributed by atoms with Crippen molar-refractivity contribution in [3.05, 3.63) is 0 Å². The van der Waals surface area contributed by atoms with E-state index in [-0.39, 0.29) is 24.4 Å². The highest BCUT2D eigenvalue weighted by atomic mass is 16.4. The maximum absolute atomic E-state index is 11.9. The number of carboxylic acids is 1. The topological polar surface area (TPSA) is 78.4 Å². The van der Waals surface area contributed by atoms with E-state index in [0.717, 1.165) is 12.8 Å². The summed E-state index contributed by atoms with van der Waals surface area (Å²) >= 11 is 0. The quantitative estimate of drug-likeness (QED) is 0.656. The van der Waals surface area contributed by atoms with Gasteiger partial charge in [0.2, 0.25) is 0 Å². The Balaban J connectivity index is 2.32. The molecule has 0 aromatic heterocycles. The maximum atomic E-state index is 11.9. The van der Waals surface area contributed by atoms with Crippen molar-refractivity contribution in [2.75, 3.05) is 6.54 Å². The second-order valence-corrected chi connectivity index (χ2v) is 5.95. The predicted molar refractivity (Wildman–Crippen MR) is 78.6 cm³/mol. The van der Waals surface area contributed by atoms with E-state index in [1.54, 1.807) is 0 Å². The Hall–Kier alpha value is -1.26.